The molecular formula is C18H37N3. The summed E-state index contributed by atoms with van der Waals surface area (Å²) in [7, 11) is 0. The van der Waals surface area contributed by atoms with E-state index in [1.165, 1.54) is 90.8 Å². The van der Waals surface area contributed by atoms with Gasteiger partial charge in [0.1, 0.15) is 0 Å². The normalized spacial score (nSPS) is 23.7. The predicted octanol–water partition coefficient (Wildman–Crippen LogP) is 2.96. The fraction of sp³-hybridized carbons (Fsp3) is 1.00. The van der Waals surface area contributed by atoms with E-state index >= 15 is 0 Å². The van der Waals surface area contributed by atoms with E-state index < -0.39 is 0 Å². The summed E-state index contributed by atoms with van der Waals surface area (Å²) in [6.07, 6.45) is 9.65. The minimum absolute atomic E-state index is 0.779. The van der Waals surface area contributed by atoms with Crippen molar-refractivity contribution in [2.45, 2.75) is 64.8 Å². The van der Waals surface area contributed by atoms with Crippen LogP contribution in [0.4, 0.5) is 0 Å². The molecule has 0 saturated carbocycles. The summed E-state index contributed by atoms with van der Waals surface area (Å²) in [5, 5.41) is 3.52. The van der Waals surface area contributed by atoms with E-state index in [-0.39, 0.29) is 0 Å². The van der Waals surface area contributed by atoms with Gasteiger partial charge < -0.3 is 15.1 Å². The molecule has 124 valence electrons. The molecule has 0 spiro atoms. The minimum atomic E-state index is 0.779. The van der Waals surface area contributed by atoms with Crippen LogP contribution < -0.4 is 5.32 Å². The van der Waals surface area contributed by atoms with E-state index in [9.17, 15) is 0 Å². The van der Waals surface area contributed by atoms with Gasteiger partial charge in [0.25, 0.3) is 0 Å². The molecule has 2 fully saturated rings. The molecule has 0 aromatic carbocycles. The van der Waals surface area contributed by atoms with Crippen LogP contribution >= 0.6 is 0 Å². The van der Waals surface area contributed by atoms with Crippen LogP contribution in [0.25, 0.3) is 0 Å². The molecule has 3 nitrogen and oxygen atoms in total. The van der Waals surface area contributed by atoms with Gasteiger partial charge in [-0.1, -0.05) is 6.92 Å². The highest BCUT2D eigenvalue weighted by atomic mass is 15.2. The van der Waals surface area contributed by atoms with Gasteiger partial charge in [0, 0.05) is 12.6 Å². The van der Waals surface area contributed by atoms with Gasteiger partial charge >= 0.3 is 0 Å². The van der Waals surface area contributed by atoms with E-state index in [1.54, 1.807) is 0 Å². The van der Waals surface area contributed by atoms with Crippen molar-refractivity contribution in [3.05, 3.63) is 0 Å². The lowest BCUT2D eigenvalue weighted by molar-refractivity contribution is 0.117. The molecule has 21 heavy (non-hydrogen) atoms. The van der Waals surface area contributed by atoms with E-state index in [1.807, 2.05) is 0 Å². The summed E-state index contributed by atoms with van der Waals surface area (Å²) in [5.74, 6) is 0.970. The minimum Gasteiger partial charge on any atom is -0.317 e. The van der Waals surface area contributed by atoms with E-state index in [4.69, 9.17) is 0 Å². The van der Waals surface area contributed by atoms with Gasteiger partial charge in [0.2, 0.25) is 0 Å². The fourth-order valence-corrected chi connectivity index (χ4v) is 3.91. The standard InChI is InChI=1S/C18H37N3/c1-3-10-19-11-6-7-17(2)21-14-8-18(9-15-21)16-20-12-4-5-13-20/h17-19H,3-16H2,1-2H3. The molecule has 2 rings (SSSR count). The van der Waals surface area contributed by atoms with Crippen LogP contribution in [-0.4, -0.2) is 61.7 Å². The van der Waals surface area contributed by atoms with Crippen molar-refractivity contribution < 1.29 is 0 Å². The number of hydrogen-bond donors (Lipinski definition) is 1. The Morgan fingerprint density at radius 2 is 1.76 bits per heavy atom. The third-order valence-electron chi connectivity index (χ3n) is 5.39. The van der Waals surface area contributed by atoms with Gasteiger partial charge in [-0.15, -0.1) is 0 Å². The van der Waals surface area contributed by atoms with Gasteiger partial charge in [-0.2, -0.15) is 0 Å². The molecule has 0 aliphatic carbocycles. The Hall–Kier alpha value is -0.120. The van der Waals surface area contributed by atoms with Crippen molar-refractivity contribution in [3.8, 4) is 0 Å². The molecule has 0 amide bonds. The Labute approximate surface area is 132 Å². The number of rotatable bonds is 9. The fourth-order valence-electron chi connectivity index (χ4n) is 3.91. The predicted molar refractivity (Wildman–Crippen MR) is 91.8 cm³/mol. The van der Waals surface area contributed by atoms with Crippen molar-refractivity contribution in [1.29, 1.82) is 0 Å². The summed E-state index contributed by atoms with van der Waals surface area (Å²) in [5.41, 5.74) is 0. The maximum atomic E-state index is 3.52. The van der Waals surface area contributed by atoms with Gasteiger partial charge in [0.05, 0.1) is 0 Å². The Balaban J connectivity index is 1.54. The van der Waals surface area contributed by atoms with Crippen LogP contribution in [0.1, 0.15) is 58.8 Å². The van der Waals surface area contributed by atoms with Gasteiger partial charge in [-0.3, -0.25) is 0 Å². The summed E-state index contributed by atoms with van der Waals surface area (Å²) < 4.78 is 0. The third kappa shape index (κ3) is 6.25. The van der Waals surface area contributed by atoms with Crippen LogP contribution in [0, 0.1) is 5.92 Å². The second-order valence-corrected chi connectivity index (χ2v) is 7.23. The Bertz CT molecular complexity index is 255. The van der Waals surface area contributed by atoms with Crippen molar-refractivity contribution in [2.24, 2.45) is 5.92 Å². The lowest BCUT2D eigenvalue weighted by Gasteiger charge is -2.37. The zero-order chi connectivity index (χ0) is 14.9. The first-order chi connectivity index (χ1) is 10.3. The van der Waals surface area contributed by atoms with Crippen LogP contribution in [0.3, 0.4) is 0 Å². The molecule has 3 heteroatoms. The van der Waals surface area contributed by atoms with E-state index in [0.29, 0.717) is 0 Å². The molecule has 1 atom stereocenters. The molecule has 0 aromatic heterocycles. The van der Waals surface area contributed by atoms with Crippen LogP contribution in [0.2, 0.25) is 0 Å². The summed E-state index contributed by atoms with van der Waals surface area (Å²) >= 11 is 0. The molecule has 2 heterocycles. The first kappa shape index (κ1) is 17.2. The number of nitrogens with zero attached hydrogens (tertiary/aromatic N) is 2. The summed E-state index contributed by atoms with van der Waals surface area (Å²) in [6.45, 7) is 13.8. The van der Waals surface area contributed by atoms with Gasteiger partial charge in [-0.25, -0.2) is 0 Å². The van der Waals surface area contributed by atoms with Crippen LogP contribution in [0.5, 0.6) is 0 Å². The SMILES string of the molecule is CCCNCCCC(C)N1CCC(CN2CCCC2)CC1. The zero-order valence-corrected chi connectivity index (χ0v) is 14.4. The average molecular weight is 296 g/mol. The maximum absolute atomic E-state index is 3.52. The van der Waals surface area contributed by atoms with Crippen molar-refractivity contribution >= 4 is 0 Å². The Morgan fingerprint density at radius 3 is 2.43 bits per heavy atom. The molecular weight excluding hydrogens is 258 g/mol. The Morgan fingerprint density at radius 1 is 1.05 bits per heavy atom. The molecule has 2 saturated heterocycles. The number of nitrogens with one attached hydrogen (secondary N) is 1. The van der Waals surface area contributed by atoms with Gasteiger partial charge in [-0.05, 0) is 97.1 Å². The lowest BCUT2D eigenvalue weighted by Crippen LogP contribution is -2.42. The number of likely N-dealkylation sites (tertiary alicyclic amines) is 2. The molecule has 0 bridgehead atoms. The van der Waals surface area contributed by atoms with Gasteiger partial charge in [0.15, 0.2) is 0 Å². The Kier molecular flexibility index (Phi) is 8.05. The average Bonchev–Trinajstić information content (AvgIpc) is 3.00. The highest BCUT2D eigenvalue weighted by Crippen LogP contribution is 2.22. The maximum Gasteiger partial charge on any atom is 0.00674 e. The third-order valence-corrected chi connectivity index (χ3v) is 5.39. The second kappa shape index (κ2) is 9.81. The zero-order valence-electron chi connectivity index (χ0n) is 14.4. The van der Waals surface area contributed by atoms with E-state index in [2.05, 4.69) is 29.0 Å². The molecule has 1 N–H and O–H groups in total. The molecule has 2 aliphatic heterocycles. The number of hydrogen-bond acceptors (Lipinski definition) is 3. The summed E-state index contributed by atoms with van der Waals surface area (Å²) in [6, 6.07) is 0.779. The molecule has 0 aromatic rings. The second-order valence-electron chi connectivity index (χ2n) is 7.23. The lowest BCUT2D eigenvalue weighted by atomic mass is 9.94. The quantitative estimate of drug-likeness (QED) is 0.660. The largest absolute Gasteiger partial charge is 0.317 e. The first-order valence-corrected chi connectivity index (χ1v) is 9.46. The first-order valence-electron chi connectivity index (χ1n) is 9.46. The highest BCUT2D eigenvalue weighted by Gasteiger charge is 2.24. The summed E-state index contributed by atoms with van der Waals surface area (Å²) in [4.78, 5) is 5.43. The van der Waals surface area contributed by atoms with Crippen molar-refractivity contribution in [1.82, 2.24) is 15.1 Å². The van der Waals surface area contributed by atoms with Crippen molar-refractivity contribution in [2.75, 3.05) is 45.8 Å². The van der Waals surface area contributed by atoms with Crippen LogP contribution in [-0.2, 0) is 0 Å². The monoisotopic (exact) mass is 295 g/mol. The van der Waals surface area contributed by atoms with E-state index in [0.717, 1.165) is 12.0 Å². The van der Waals surface area contributed by atoms with Crippen LogP contribution in [0.15, 0.2) is 0 Å². The smallest absolute Gasteiger partial charge is 0.00674 e. The topological polar surface area (TPSA) is 18.5 Å². The molecule has 0 radical (unpaired) electrons. The highest BCUT2D eigenvalue weighted by molar-refractivity contribution is 4.79. The van der Waals surface area contributed by atoms with Crippen molar-refractivity contribution in [3.63, 3.8) is 0 Å². The molecule has 1 unspecified atom stereocenters. The molecule has 2 aliphatic rings. The number of piperidine rings is 1.